The van der Waals surface area contributed by atoms with Gasteiger partial charge in [-0.3, -0.25) is 19.2 Å². The van der Waals surface area contributed by atoms with Gasteiger partial charge in [-0.05, 0) is 51.2 Å². The number of nitrogens with zero attached hydrogens (tertiary/aromatic N) is 4. The third-order valence-electron chi connectivity index (χ3n) is 7.08. The highest BCUT2D eigenvalue weighted by Gasteiger charge is 2.30. The Morgan fingerprint density at radius 1 is 1.13 bits per heavy atom. The maximum Gasteiger partial charge on any atom is 0.262 e. The number of fused-ring (bicyclic) bond motifs is 3. The highest BCUT2D eigenvalue weighted by Crippen LogP contribution is 2.35. The number of hydrogen-bond acceptors (Lipinski definition) is 5. The fraction of sp³-hybridized carbons (Fsp3) is 0.520. The molecule has 1 fully saturated rings. The first-order valence-corrected chi connectivity index (χ1v) is 12.3. The van der Waals surface area contributed by atoms with Gasteiger partial charge in [0.05, 0.1) is 18.3 Å². The molecule has 0 N–H and O–H groups in total. The van der Waals surface area contributed by atoms with Gasteiger partial charge in [-0.2, -0.15) is 0 Å². The zero-order chi connectivity index (χ0) is 21.5. The van der Waals surface area contributed by atoms with E-state index in [1.165, 1.54) is 29.1 Å². The minimum Gasteiger partial charge on any atom is -0.298 e. The first-order chi connectivity index (χ1) is 15.0. The predicted octanol–water partition coefficient (Wildman–Crippen LogP) is 3.70. The van der Waals surface area contributed by atoms with Crippen LogP contribution in [0.3, 0.4) is 0 Å². The molecular formula is C25H32N4OS. The molecule has 1 unspecified atom stereocenters. The Morgan fingerprint density at radius 2 is 1.87 bits per heavy atom. The third-order valence-corrected chi connectivity index (χ3v) is 8.24. The van der Waals surface area contributed by atoms with Gasteiger partial charge >= 0.3 is 0 Å². The lowest BCUT2D eigenvalue weighted by atomic mass is 9.91. The molecule has 3 heterocycles. The third kappa shape index (κ3) is 4.09. The Morgan fingerprint density at radius 3 is 2.58 bits per heavy atom. The van der Waals surface area contributed by atoms with Crippen LogP contribution in [0.4, 0.5) is 0 Å². The van der Waals surface area contributed by atoms with Gasteiger partial charge in [0.25, 0.3) is 5.56 Å². The van der Waals surface area contributed by atoms with Crippen LogP contribution in [-0.4, -0.2) is 57.6 Å². The summed E-state index contributed by atoms with van der Waals surface area (Å²) < 4.78 is 1.78. The maximum atomic E-state index is 13.3. The lowest BCUT2D eigenvalue weighted by Gasteiger charge is -2.42. The molecule has 31 heavy (non-hydrogen) atoms. The Kier molecular flexibility index (Phi) is 5.71. The molecule has 1 atom stereocenters. The lowest BCUT2D eigenvalue weighted by Crippen LogP contribution is -2.53. The van der Waals surface area contributed by atoms with Crippen LogP contribution in [0.15, 0.2) is 35.4 Å². The van der Waals surface area contributed by atoms with Crippen LogP contribution in [-0.2, 0) is 19.4 Å². The molecule has 6 heteroatoms. The van der Waals surface area contributed by atoms with Gasteiger partial charge in [0.1, 0.15) is 4.83 Å². The molecule has 1 saturated heterocycles. The molecule has 0 bridgehead atoms. The average Bonchev–Trinajstić information content (AvgIpc) is 3.15. The highest BCUT2D eigenvalue weighted by atomic mass is 32.1. The summed E-state index contributed by atoms with van der Waals surface area (Å²) >= 11 is 1.74. The van der Waals surface area contributed by atoms with E-state index in [0.717, 1.165) is 48.1 Å². The standard InChI is InChI=1S/C25H32N4OS/c1-17(2)27-10-12-28(13-11-27)20-8-9-21-22(14-20)31-24-23(21)25(30)29(16-26-24)15-19-6-4-18(3)5-7-19/h4-7,16-17,20H,8-15H2,1-3H3. The number of aryl methyl sites for hydroxylation is 2. The van der Waals surface area contributed by atoms with Gasteiger partial charge in [0.2, 0.25) is 0 Å². The smallest absolute Gasteiger partial charge is 0.262 e. The van der Waals surface area contributed by atoms with Crippen LogP contribution in [0.5, 0.6) is 0 Å². The quantitative estimate of drug-likeness (QED) is 0.625. The minimum absolute atomic E-state index is 0.118. The first-order valence-electron chi connectivity index (χ1n) is 11.5. The summed E-state index contributed by atoms with van der Waals surface area (Å²) in [5.41, 5.74) is 3.76. The van der Waals surface area contributed by atoms with Crippen LogP contribution >= 0.6 is 11.3 Å². The van der Waals surface area contributed by atoms with E-state index in [1.807, 2.05) is 0 Å². The van der Waals surface area contributed by atoms with Crippen molar-refractivity contribution in [1.82, 2.24) is 19.4 Å². The number of benzene rings is 1. The number of rotatable bonds is 4. The summed E-state index contributed by atoms with van der Waals surface area (Å²) in [7, 11) is 0. The van der Waals surface area contributed by atoms with Crippen molar-refractivity contribution in [2.75, 3.05) is 26.2 Å². The maximum absolute atomic E-state index is 13.3. The number of aromatic nitrogens is 2. The topological polar surface area (TPSA) is 41.4 Å². The van der Waals surface area contributed by atoms with Crippen LogP contribution in [0.25, 0.3) is 10.2 Å². The summed E-state index contributed by atoms with van der Waals surface area (Å²) in [5, 5.41) is 0.873. The van der Waals surface area contributed by atoms with Gasteiger partial charge in [-0.25, -0.2) is 4.98 Å². The van der Waals surface area contributed by atoms with E-state index in [-0.39, 0.29) is 5.56 Å². The second-order valence-electron chi connectivity index (χ2n) is 9.41. The molecule has 5 nitrogen and oxygen atoms in total. The van der Waals surface area contributed by atoms with Crippen molar-refractivity contribution < 1.29 is 0 Å². The molecule has 1 aliphatic heterocycles. The van der Waals surface area contributed by atoms with Crippen LogP contribution in [0, 0.1) is 6.92 Å². The molecule has 2 aliphatic rings. The predicted molar refractivity (Wildman–Crippen MR) is 128 cm³/mol. The first kappa shape index (κ1) is 20.9. The van der Waals surface area contributed by atoms with Gasteiger partial charge in [-0.1, -0.05) is 29.8 Å². The van der Waals surface area contributed by atoms with Crippen molar-refractivity contribution in [2.24, 2.45) is 0 Å². The van der Waals surface area contributed by atoms with Crippen LogP contribution in [0.1, 0.15) is 41.8 Å². The molecule has 164 valence electrons. The molecule has 3 aromatic rings. The van der Waals surface area contributed by atoms with E-state index < -0.39 is 0 Å². The second kappa shape index (κ2) is 8.49. The van der Waals surface area contributed by atoms with Gasteiger partial charge in [0, 0.05) is 43.1 Å². The molecule has 0 radical (unpaired) electrons. The molecular weight excluding hydrogens is 404 g/mol. The van der Waals surface area contributed by atoms with Crippen molar-refractivity contribution in [3.05, 3.63) is 62.5 Å². The number of piperazine rings is 1. The van der Waals surface area contributed by atoms with Gasteiger partial charge < -0.3 is 0 Å². The van der Waals surface area contributed by atoms with Crippen LogP contribution in [0.2, 0.25) is 0 Å². The largest absolute Gasteiger partial charge is 0.298 e. The normalized spacial score (nSPS) is 20.5. The van der Waals surface area contributed by atoms with Crippen molar-refractivity contribution in [3.8, 4) is 0 Å². The number of hydrogen-bond donors (Lipinski definition) is 0. The summed E-state index contributed by atoms with van der Waals surface area (Å²) in [4.78, 5) is 25.6. The summed E-state index contributed by atoms with van der Waals surface area (Å²) in [6, 6.07) is 9.62. The summed E-state index contributed by atoms with van der Waals surface area (Å²) in [6.07, 6.45) is 4.94. The zero-order valence-electron chi connectivity index (χ0n) is 18.8. The molecule has 0 spiro atoms. The summed E-state index contributed by atoms with van der Waals surface area (Å²) in [5.74, 6) is 0. The lowest BCUT2D eigenvalue weighted by molar-refractivity contribution is 0.0735. The Labute approximate surface area is 188 Å². The monoisotopic (exact) mass is 436 g/mol. The van der Waals surface area contributed by atoms with Crippen LogP contribution < -0.4 is 5.56 Å². The highest BCUT2D eigenvalue weighted by molar-refractivity contribution is 7.18. The molecule has 1 aromatic carbocycles. The molecule has 0 saturated carbocycles. The fourth-order valence-corrected chi connectivity index (χ4v) is 6.37. The molecule has 0 amide bonds. The average molecular weight is 437 g/mol. The summed E-state index contributed by atoms with van der Waals surface area (Å²) in [6.45, 7) is 11.9. The van der Waals surface area contributed by atoms with Crippen molar-refractivity contribution in [3.63, 3.8) is 0 Å². The van der Waals surface area contributed by atoms with E-state index in [9.17, 15) is 4.79 Å². The van der Waals surface area contributed by atoms with Crippen molar-refractivity contribution in [2.45, 2.75) is 58.7 Å². The second-order valence-corrected chi connectivity index (χ2v) is 10.5. The van der Waals surface area contributed by atoms with E-state index in [1.54, 1.807) is 22.2 Å². The van der Waals surface area contributed by atoms with E-state index >= 15 is 0 Å². The minimum atomic E-state index is 0.118. The Bertz CT molecular complexity index is 1120. The van der Waals surface area contributed by atoms with Crippen molar-refractivity contribution >= 4 is 21.6 Å². The van der Waals surface area contributed by atoms with E-state index in [4.69, 9.17) is 0 Å². The van der Waals surface area contributed by atoms with E-state index in [2.05, 4.69) is 59.8 Å². The van der Waals surface area contributed by atoms with Crippen molar-refractivity contribution in [1.29, 1.82) is 0 Å². The van der Waals surface area contributed by atoms with Gasteiger partial charge in [0.15, 0.2) is 0 Å². The zero-order valence-corrected chi connectivity index (χ0v) is 19.6. The van der Waals surface area contributed by atoms with E-state index in [0.29, 0.717) is 18.6 Å². The SMILES string of the molecule is Cc1ccc(Cn2cnc3sc4c(c3c2=O)CCC(N2CCN(C(C)C)CC2)C4)cc1. The molecule has 1 aliphatic carbocycles. The van der Waals surface area contributed by atoms with Gasteiger partial charge in [-0.15, -0.1) is 11.3 Å². The Hall–Kier alpha value is -2.02. The molecule has 2 aromatic heterocycles. The fourth-order valence-electron chi connectivity index (χ4n) is 5.12. The Balaban J connectivity index is 1.37. The number of thiophene rings is 1. The molecule has 5 rings (SSSR count).